The zero-order valence-electron chi connectivity index (χ0n) is 15.4. The molecular formula is C19H15F3N4O4. The minimum absolute atomic E-state index is 0.0194. The van der Waals surface area contributed by atoms with Gasteiger partial charge in [-0.2, -0.15) is 13.2 Å². The minimum atomic E-state index is -4.70. The van der Waals surface area contributed by atoms with Gasteiger partial charge < -0.3 is 16.0 Å². The molecule has 2 aromatic carbocycles. The Morgan fingerprint density at radius 3 is 2.43 bits per heavy atom. The summed E-state index contributed by atoms with van der Waals surface area (Å²) in [6, 6.07) is 7.94. The van der Waals surface area contributed by atoms with Crippen molar-refractivity contribution in [3.8, 4) is 0 Å². The van der Waals surface area contributed by atoms with E-state index < -0.39 is 40.3 Å². The van der Waals surface area contributed by atoms with Crippen LogP contribution in [0.4, 0.5) is 29.3 Å². The highest BCUT2D eigenvalue weighted by Gasteiger charge is 2.37. The molecule has 0 aromatic heterocycles. The zero-order chi connectivity index (χ0) is 22.1. The highest BCUT2D eigenvalue weighted by molar-refractivity contribution is 6.07. The van der Waals surface area contributed by atoms with Crippen LogP contribution in [0.25, 0.3) is 0 Å². The third kappa shape index (κ3) is 4.09. The van der Waals surface area contributed by atoms with E-state index in [0.29, 0.717) is 0 Å². The third-order valence-electron chi connectivity index (χ3n) is 4.44. The molecule has 1 heterocycles. The maximum Gasteiger partial charge on any atom is 0.418 e. The number of benzene rings is 2. The fraction of sp³-hybridized carbons (Fsp3) is 0.158. The summed E-state index contributed by atoms with van der Waals surface area (Å²) in [6.45, 7) is 1.38. The molecule has 8 nitrogen and oxygen atoms in total. The Hall–Kier alpha value is -3.89. The van der Waals surface area contributed by atoms with E-state index in [9.17, 15) is 32.9 Å². The first-order valence-electron chi connectivity index (χ1n) is 8.58. The van der Waals surface area contributed by atoms with E-state index in [0.717, 1.165) is 12.1 Å². The van der Waals surface area contributed by atoms with Crippen molar-refractivity contribution in [1.29, 1.82) is 0 Å². The van der Waals surface area contributed by atoms with Crippen molar-refractivity contribution in [2.75, 3.05) is 5.32 Å². The van der Waals surface area contributed by atoms with E-state index in [2.05, 4.69) is 16.0 Å². The standard InChI is InChI=1S/C19H15F3N4O4/c1-10-15(17(27)24-13-8-4-3-7-12(13)19(20,21)22)16(25-18(28)23-10)11-6-2-5-9-14(11)26(29)30/h2-9,16H,1H3,(H,24,27)(H2,23,25,28)/t16-/m1/s1. The number of hydrogen-bond acceptors (Lipinski definition) is 4. The smallest absolute Gasteiger partial charge is 0.326 e. The van der Waals surface area contributed by atoms with Crippen molar-refractivity contribution >= 4 is 23.3 Å². The molecule has 2 aromatic rings. The molecule has 11 heteroatoms. The second-order valence-electron chi connectivity index (χ2n) is 6.38. The number of halogens is 3. The third-order valence-corrected chi connectivity index (χ3v) is 4.44. The Bertz CT molecular complexity index is 1070. The SMILES string of the molecule is CC1=C(C(=O)Nc2ccccc2C(F)(F)F)[C@@H](c2ccccc2[N+](=O)[O-])NC(=O)N1. The van der Waals surface area contributed by atoms with Crippen LogP contribution in [-0.4, -0.2) is 16.9 Å². The summed E-state index contributed by atoms with van der Waals surface area (Å²) in [5.41, 5.74) is -1.95. The molecule has 3 amide bonds. The van der Waals surface area contributed by atoms with Gasteiger partial charge in [-0.3, -0.25) is 14.9 Å². The first-order chi connectivity index (χ1) is 14.1. The number of nitrogens with zero attached hydrogens (tertiary/aromatic N) is 1. The number of amides is 3. The lowest BCUT2D eigenvalue weighted by Crippen LogP contribution is -2.46. The highest BCUT2D eigenvalue weighted by Crippen LogP contribution is 2.36. The number of anilines is 1. The summed E-state index contributed by atoms with van der Waals surface area (Å²) in [7, 11) is 0. The molecule has 0 radical (unpaired) electrons. The molecule has 30 heavy (non-hydrogen) atoms. The Kier molecular flexibility index (Phi) is 5.45. The first-order valence-corrected chi connectivity index (χ1v) is 8.58. The highest BCUT2D eigenvalue weighted by atomic mass is 19.4. The summed E-state index contributed by atoms with van der Waals surface area (Å²) in [6.07, 6.45) is -4.70. The van der Waals surface area contributed by atoms with E-state index in [1.165, 1.54) is 43.3 Å². The molecule has 0 spiro atoms. The lowest BCUT2D eigenvalue weighted by molar-refractivity contribution is -0.385. The second kappa shape index (κ2) is 7.85. The van der Waals surface area contributed by atoms with E-state index in [-0.39, 0.29) is 22.5 Å². The number of urea groups is 1. The van der Waals surface area contributed by atoms with Crippen LogP contribution in [0.1, 0.15) is 24.1 Å². The summed E-state index contributed by atoms with van der Waals surface area (Å²) in [5, 5.41) is 18.4. The topological polar surface area (TPSA) is 113 Å². The maximum absolute atomic E-state index is 13.2. The Balaban J connectivity index is 2.05. The Morgan fingerprint density at radius 1 is 1.13 bits per heavy atom. The van der Waals surface area contributed by atoms with Gasteiger partial charge in [0.1, 0.15) is 0 Å². The molecule has 1 aliphatic rings. The summed E-state index contributed by atoms with van der Waals surface area (Å²) >= 11 is 0. The number of carbonyl (C=O) groups is 2. The molecule has 3 N–H and O–H groups in total. The minimum Gasteiger partial charge on any atom is -0.326 e. The van der Waals surface area contributed by atoms with Gasteiger partial charge in [-0.05, 0) is 25.1 Å². The van der Waals surface area contributed by atoms with Crippen LogP contribution in [0, 0.1) is 10.1 Å². The molecule has 0 unspecified atom stereocenters. The number of nitro groups is 1. The van der Waals surface area contributed by atoms with E-state index >= 15 is 0 Å². The fourth-order valence-corrected chi connectivity index (χ4v) is 3.15. The second-order valence-corrected chi connectivity index (χ2v) is 6.38. The van der Waals surface area contributed by atoms with Gasteiger partial charge in [-0.1, -0.05) is 24.3 Å². The van der Waals surface area contributed by atoms with Gasteiger partial charge in [-0.25, -0.2) is 4.79 Å². The monoisotopic (exact) mass is 420 g/mol. The van der Waals surface area contributed by atoms with Gasteiger partial charge in [0.25, 0.3) is 11.6 Å². The van der Waals surface area contributed by atoms with Crippen LogP contribution in [0.3, 0.4) is 0 Å². The maximum atomic E-state index is 13.2. The van der Waals surface area contributed by atoms with Crippen LogP contribution in [0.5, 0.6) is 0 Å². The number of rotatable bonds is 4. The lowest BCUT2D eigenvalue weighted by atomic mass is 9.93. The van der Waals surface area contributed by atoms with Crippen molar-refractivity contribution in [1.82, 2.24) is 10.6 Å². The van der Waals surface area contributed by atoms with E-state index in [1.54, 1.807) is 0 Å². The molecule has 0 saturated carbocycles. The molecule has 156 valence electrons. The zero-order valence-corrected chi connectivity index (χ0v) is 15.4. The molecule has 1 aliphatic heterocycles. The van der Waals surface area contributed by atoms with Gasteiger partial charge in [0.05, 0.1) is 33.4 Å². The predicted molar refractivity (Wildman–Crippen MR) is 100 cm³/mol. The van der Waals surface area contributed by atoms with Crippen molar-refractivity contribution in [2.24, 2.45) is 0 Å². The van der Waals surface area contributed by atoms with Gasteiger partial charge in [0, 0.05) is 11.8 Å². The number of carbonyl (C=O) groups excluding carboxylic acids is 2. The Labute approximate surface area is 167 Å². The summed E-state index contributed by atoms with van der Waals surface area (Å²) in [5.74, 6) is -0.945. The number of nitro benzene ring substituents is 1. The molecule has 3 rings (SSSR count). The van der Waals surface area contributed by atoms with Crippen LogP contribution >= 0.6 is 0 Å². The van der Waals surface area contributed by atoms with Crippen LogP contribution in [0.2, 0.25) is 0 Å². The summed E-state index contributed by atoms with van der Waals surface area (Å²) in [4.78, 5) is 35.6. The van der Waals surface area contributed by atoms with E-state index in [1.807, 2.05) is 0 Å². The van der Waals surface area contributed by atoms with Gasteiger partial charge in [0.2, 0.25) is 0 Å². The number of para-hydroxylation sites is 2. The predicted octanol–water partition coefficient (Wildman–Crippen LogP) is 3.88. The largest absolute Gasteiger partial charge is 0.418 e. The van der Waals surface area contributed by atoms with E-state index in [4.69, 9.17) is 0 Å². The molecule has 1 atom stereocenters. The Morgan fingerprint density at radius 2 is 1.77 bits per heavy atom. The van der Waals surface area contributed by atoms with Crippen molar-refractivity contribution in [2.45, 2.75) is 19.1 Å². The molecule has 0 aliphatic carbocycles. The number of alkyl halides is 3. The molecule has 0 saturated heterocycles. The van der Waals surface area contributed by atoms with Crippen LogP contribution in [-0.2, 0) is 11.0 Å². The van der Waals surface area contributed by atoms with Crippen molar-refractivity contribution in [3.05, 3.63) is 81.0 Å². The number of hydrogen-bond donors (Lipinski definition) is 3. The first kappa shape index (κ1) is 20.8. The average molecular weight is 420 g/mol. The van der Waals surface area contributed by atoms with Crippen LogP contribution < -0.4 is 16.0 Å². The van der Waals surface area contributed by atoms with Gasteiger partial charge in [-0.15, -0.1) is 0 Å². The fourth-order valence-electron chi connectivity index (χ4n) is 3.15. The quantitative estimate of drug-likeness (QED) is 0.515. The van der Waals surface area contributed by atoms with Crippen molar-refractivity contribution < 1.29 is 27.7 Å². The average Bonchev–Trinajstić information content (AvgIpc) is 2.66. The molecular weight excluding hydrogens is 405 g/mol. The van der Waals surface area contributed by atoms with Crippen LogP contribution in [0.15, 0.2) is 59.8 Å². The normalized spacial score (nSPS) is 16.5. The molecule has 0 bridgehead atoms. The summed E-state index contributed by atoms with van der Waals surface area (Å²) < 4.78 is 39.7. The van der Waals surface area contributed by atoms with Gasteiger partial charge in [0.15, 0.2) is 0 Å². The number of nitrogens with one attached hydrogen (secondary N) is 3. The molecule has 0 fully saturated rings. The van der Waals surface area contributed by atoms with Crippen molar-refractivity contribution in [3.63, 3.8) is 0 Å². The lowest BCUT2D eigenvalue weighted by Gasteiger charge is -2.28. The van der Waals surface area contributed by atoms with Gasteiger partial charge >= 0.3 is 12.2 Å². The number of allylic oxidation sites excluding steroid dienone is 1.